The molecule has 58 valence electrons. The summed E-state index contributed by atoms with van der Waals surface area (Å²) < 4.78 is 0. The predicted octanol–water partition coefficient (Wildman–Crippen LogP) is -0.975. The lowest BCUT2D eigenvalue weighted by Crippen LogP contribution is -2.47. The van der Waals surface area contributed by atoms with Crippen molar-refractivity contribution in [2.75, 3.05) is 26.2 Å². The van der Waals surface area contributed by atoms with E-state index in [1.165, 1.54) is 0 Å². The lowest BCUT2D eigenvalue weighted by molar-refractivity contribution is 0.0644. The first-order valence-corrected chi connectivity index (χ1v) is 4.00. The molecule has 0 radical (unpaired) electrons. The van der Waals surface area contributed by atoms with Crippen LogP contribution in [0, 0.1) is 0 Å². The number of rotatable bonds is 0. The van der Waals surface area contributed by atoms with Crippen LogP contribution in [0.1, 0.15) is 6.42 Å². The molecule has 10 heavy (non-hydrogen) atoms. The maximum absolute atomic E-state index is 9.48. The number of hydrogen-bond acceptors (Lipinski definition) is 3. The molecule has 2 N–H and O–H groups in total. The van der Waals surface area contributed by atoms with Gasteiger partial charge in [-0.25, -0.2) is 0 Å². The molecule has 3 atom stereocenters. The molecule has 0 aromatic carbocycles. The van der Waals surface area contributed by atoms with Crippen molar-refractivity contribution < 1.29 is 5.11 Å². The monoisotopic (exact) mass is 142 g/mol. The van der Waals surface area contributed by atoms with Gasteiger partial charge in [-0.05, 0) is 13.0 Å². The first-order chi connectivity index (χ1) is 4.86. The first-order valence-electron chi connectivity index (χ1n) is 4.00. The smallest absolute Gasteiger partial charge is 0.0820 e. The van der Waals surface area contributed by atoms with E-state index in [0.29, 0.717) is 6.04 Å². The Kier molecular flexibility index (Phi) is 1.64. The number of aliphatic hydroxyl groups is 1. The Balaban J connectivity index is 2.07. The third kappa shape index (κ3) is 1.05. The van der Waals surface area contributed by atoms with Gasteiger partial charge in [0.2, 0.25) is 0 Å². The molecular formula is C7H14N2O. The predicted molar refractivity (Wildman–Crippen MR) is 38.9 cm³/mol. The lowest BCUT2D eigenvalue weighted by atomic mass is 10.0. The SMILES string of the molecule is OC1CN2CCNC1CC2. The van der Waals surface area contributed by atoms with Gasteiger partial charge in [-0.3, -0.25) is 4.90 Å². The van der Waals surface area contributed by atoms with Crippen LogP contribution in [0.15, 0.2) is 0 Å². The van der Waals surface area contributed by atoms with Crippen LogP contribution < -0.4 is 5.32 Å². The number of aliphatic hydroxyl groups excluding tert-OH is 1. The summed E-state index contributed by atoms with van der Waals surface area (Å²) in [7, 11) is 0. The summed E-state index contributed by atoms with van der Waals surface area (Å²) in [4.78, 5) is 2.32. The zero-order valence-corrected chi connectivity index (χ0v) is 6.08. The summed E-state index contributed by atoms with van der Waals surface area (Å²) in [6.07, 6.45) is 0.984. The van der Waals surface area contributed by atoms with E-state index in [-0.39, 0.29) is 6.10 Å². The molecule has 3 heteroatoms. The highest BCUT2D eigenvalue weighted by Gasteiger charge is 2.29. The Labute approximate surface area is 61.0 Å². The summed E-state index contributed by atoms with van der Waals surface area (Å²) in [5, 5.41) is 12.8. The summed E-state index contributed by atoms with van der Waals surface area (Å²) in [5.41, 5.74) is 0. The average molecular weight is 142 g/mol. The molecule has 3 unspecified atom stereocenters. The number of nitrogens with zero attached hydrogens (tertiary/aromatic N) is 1. The van der Waals surface area contributed by atoms with Gasteiger partial charge in [0, 0.05) is 25.7 Å². The molecule has 3 heterocycles. The molecule has 0 aliphatic carbocycles. The largest absolute Gasteiger partial charge is 0.390 e. The Morgan fingerprint density at radius 1 is 1.40 bits per heavy atom. The topological polar surface area (TPSA) is 35.5 Å². The zero-order valence-electron chi connectivity index (χ0n) is 6.08. The van der Waals surface area contributed by atoms with Crippen LogP contribution in [0.25, 0.3) is 0 Å². The molecule has 0 amide bonds. The molecular weight excluding hydrogens is 128 g/mol. The number of fused-ring (bicyclic) bond motifs is 4. The molecule has 3 saturated heterocycles. The molecule has 0 aromatic rings. The van der Waals surface area contributed by atoms with E-state index >= 15 is 0 Å². The van der Waals surface area contributed by atoms with Crippen LogP contribution in [0.2, 0.25) is 0 Å². The van der Waals surface area contributed by atoms with Gasteiger partial charge in [-0.2, -0.15) is 0 Å². The van der Waals surface area contributed by atoms with Gasteiger partial charge < -0.3 is 10.4 Å². The van der Waals surface area contributed by atoms with Crippen molar-refractivity contribution in [3.05, 3.63) is 0 Å². The second kappa shape index (κ2) is 2.49. The maximum Gasteiger partial charge on any atom is 0.0820 e. The van der Waals surface area contributed by atoms with Crippen LogP contribution in [0.5, 0.6) is 0 Å². The quantitative estimate of drug-likeness (QED) is 0.456. The number of piperidine rings is 1. The Hall–Kier alpha value is -0.120. The lowest BCUT2D eigenvalue weighted by Gasteiger charge is -2.30. The fourth-order valence-electron chi connectivity index (χ4n) is 1.85. The summed E-state index contributed by atoms with van der Waals surface area (Å²) >= 11 is 0. The summed E-state index contributed by atoms with van der Waals surface area (Å²) in [6.45, 7) is 4.18. The van der Waals surface area contributed by atoms with Crippen LogP contribution >= 0.6 is 0 Å². The molecule has 2 bridgehead atoms. The van der Waals surface area contributed by atoms with Crippen LogP contribution in [0.3, 0.4) is 0 Å². The first kappa shape index (κ1) is 6.58. The minimum atomic E-state index is -0.128. The Bertz CT molecular complexity index is 125. The van der Waals surface area contributed by atoms with Gasteiger partial charge in [0.1, 0.15) is 0 Å². The van der Waals surface area contributed by atoms with Crippen molar-refractivity contribution in [2.24, 2.45) is 0 Å². The molecule has 3 nitrogen and oxygen atoms in total. The standard InChI is InChI=1S/C7H14N2O/c10-7-5-9-3-1-6(7)8-2-4-9/h6-8,10H,1-5H2. The van der Waals surface area contributed by atoms with Crippen LogP contribution in [-0.4, -0.2) is 48.3 Å². The van der Waals surface area contributed by atoms with E-state index in [4.69, 9.17) is 0 Å². The maximum atomic E-state index is 9.48. The fraction of sp³-hybridized carbons (Fsp3) is 1.00. The zero-order chi connectivity index (χ0) is 6.97. The molecule has 0 aromatic heterocycles. The highest BCUT2D eigenvalue weighted by molar-refractivity contribution is 4.88. The van der Waals surface area contributed by atoms with Gasteiger partial charge >= 0.3 is 0 Å². The third-order valence-corrected chi connectivity index (χ3v) is 2.50. The second-order valence-electron chi connectivity index (χ2n) is 3.22. The Morgan fingerprint density at radius 3 is 3.10 bits per heavy atom. The number of hydrogen-bond donors (Lipinski definition) is 2. The van der Waals surface area contributed by atoms with Crippen LogP contribution in [-0.2, 0) is 0 Å². The molecule has 3 fully saturated rings. The van der Waals surface area contributed by atoms with Crippen molar-refractivity contribution in [3.63, 3.8) is 0 Å². The highest BCUT2D eigenvalue weighted by atomic mass is 16.3. The van der Waals surface area contributed by atoms with E-state index in [2.05, 4.69) is 10.2 Å². The van der Waals surface area contributed by atoms with E-state index in [1.807, 2.05) is 0 Å². The van der Waals surface area contributed by atoms with Gasteiger partial charge in [0.25, 0.3) is 0 Å². The summed E-state index contributed by atoms with van der Waals surface area (Å²) in [6, 6.07) is 0.374. The van der Waals surface area contributed by atoms with Gasteiger partial charge in [0.15, 0.2) is 0 Å². The van der Waals surface area contributed by atoms with Crippen molar-refractivity contribution in [1.82, 2.24) is 10.2 Å². The number of nitrogens with one attached hydrogen (secondary N) is 1. The minimum absolute atomic E-state index is 0.128. The van der Waals surface area contributed by atoms with E-state index in [1.54, 1.807) is 0 Å². The van der Waals surface area contributed by atoms with Gasteiger partial charge in [0.05, 0.1) is 6.10 Å². The fourth-order valence-corrected chi connectivity index (χ4v) is 1.85. The van der Waals surface area contributed by atoms with E-state index < -0.39 is 0 Å². The second-order valence-corrected chi connectivity index (χ2v) is 3.22. The Morgan fingerprint density at radius 2 is 2.30 bits per heavy atom. The molecule has 3 aliphatic rings. The summed E-state index contributed by atoms with van der Waals surface area (Å²) in [5.74, 6) is 0. The highest BCUT2D eigenvalue weighted by Crippen LogP contribution is 2.13. The van der Waals surface area contributed by atoms with Gasteiger partial charge in [-0.1, -0.05) is 0 Å². The molecule has 3 rings (SSSR count). The molecule has 0 saturated carbocycles. The molecule has 0 spiro atoms. The third-order valence-electron chi connectivity index (χ3n) is 2.50. The average Bonchev–Trinajstić information content (AvgIpc) is 2.20. The van der Waals surface area contributed by atoms with Crippen molar-refractivity contribution in [1.29, 1.82) is 0 Å². The molecule has 3 aliphatic heterocycles. The van der Waals surface area contributed by atoms with Crippen molar-refractivity contribution >= 4 is 0 Å². The minimum Gasteiger partial charge on any atom is -0.390 e. The van der Waals surface area contributed by atoms with Gasteiger partial charge in [-0.15, -0.1) is 0 Å². The normalized spacial score (nSPS) is 47.1. The van der Waals surface area contributed by atoms with Crippen molar-refractivity contribution in [3.8, 4) is 0 Å². The van der Waals surface area contributed by atoms with E-state index in [0.717, 1.165) is 32.6 Å². The van der Waals surface area contributed by atoms with Crippen molar-refractivity contribution in [2.45, 2.75) is 18.6 Å². The van der Waals surface area contributed by atoms with E-state index in [9.17, 15) is 5.11 Å². The van der Waals surface area contributed by atoms with Crippen LogP contribution in [0.4, 0.5) is 0 Å².